The topological polar surface area (TPSA) is 86.7 Å². The quantitative estimate of drug-likeness (QED) is 0.727. The summed E-state index contributed by atoms with van der Waals surface area (Å²) in [7, 11) is 0. The van der Waals surface area contributed by atoms with Gasteiger partial charge < -0.3 is 10.0 Å². The molecule has 102 valence electrons. The summed E-state index contributed by atoms with van der Waals surface area (Å²) in [6.07, 6.45) is 1.05. The molecular weight excluding hydrogens is 236 g/mol. The first kappa shape index (κ1) is 16.1. The van der Waals surface area contributed by atoms with Crippen LogP contribution >= 0.6 is 0 Å². The second kappa shape index (κ2) is 6.78. The van der Waals surface area contributed by atoms with Crippen molar-refractivity contribution >= 4 is 17.9 Å². The molecule has 6 heteroatoms. The first-order valence-electron chi connectivity index (χ1n) is 5.62. The molecule has 0 atom stereocenters. The maximum atomic E-state index is 11.8. The highest BCUT2D eigenvalue weighted by atomic mass is 16.4. The predicted octanol–water partition coefficient (Wildman–Crippen LogP) is 1.37. The van der Waals surface area contributed by atoms with Gasteiger partial charge in [-0.2, -0.15) is 0 Å². The lowest BCUT2D eigenvalue weighted by molar-refractivity contribution is -0.138. The van der Waals surface area contributed by atoms with E-state index in [1.165, 1.54) is 4.90 Å². The minimum atomic E-state index is -1.07. The molecule has 0 aliphatic heterocycles. The number of imide groups is 1. The molecule has 0 saturated heterocycles. The summed E-state index contributed by atoms with van der Waals surface area (Å²) in [5, 5.41) is 10.6. The zero-order valence-electron chi connectivity index (χ0n) is 11.0. The molecule has 0 radical (unpaired) electrons. The SMILES string of the molecule is C=CCN(C(=O)NC(=O)CCC(=O)O)C(C)(C)C. The lowest BCUT2D eigenvalue weighted by atomic mass is 10.1. The molecule has 18 heavy (non-hydrogen) atoms. The lowest BCUT2D eigenvalue weighted by Gasteiger charge is -2.34. The fourth-order valence-electron chi connectivity index (χ4n) is 1.26. The van der Waals surface area contributed by atoms with E-state index in [0.29, 0.717) is 6.54 Å². The Balaban J connectivity index is 4.47. The van der Waals surface area contributed by atoms with E-state index in [9.17, 15) is 14.4 Å². The van der Waals surface area contributed by atoms with E-state index in [0.717, 1.165) is 0 Å². The summed E-state index contributed by atoms with van der Waals surface area (Å²) < 4.78 is 0. The number of hydrogen-bond donors (Lipinski definition) is 2. The fraction of sp³-hybridized carbons (Fsp3) is 0.583. The van der Waals surface area contributed by atoms with Gasteiger partial charge in [0.2, 0.25) is 5.91 Å². The van der Waals surface area contributed by atoms with Crippen molar-refractivity contribution in [2.75, 3.05) is 6.54 Å². The van der Waals surface area contributed by atoms with Crippen LogP contribution in [0.4, 0.5) is 4.79 Å². The summed E-state index contributed by atoms with van der Waals surface area (Å²) in [6, 6.07) is -0.544. The van der Waals surface area contributed by atoms with Crippen LogP contribution in [-0.4, -0.2) is 40.0 Å². The van der Waals surface area contributed by atoms with Crippen molar-refractivity contribution < 1.29 is 19.5 Å². The van der Waals surface area contributed by atoms with Crippen molar-refractivity contribution in [3.63, 3.8) is 0 Å². The number of nitrogens with one attached hydrogen (secondary N) is 1. The number of carbonyl (C=O) groups excluding carboxylic acids is 2. The van der Waals surface area contributed by atoms with Gasteiger partial charge in [0.05, 0.1) is 6.42 Å². The van der Waals surface area contributed by atoms with E-state index < -0.39 is 23.4 Å². The number of carboxylic acids is 1. The van der Waals surface area contributed by atoms with Crippen LogP contribution in [0, 0.1) is 0 Å². The van der Waals surface area contributed by atoms with Gasteiger partial charge in [0, 0.05) is 18.5 Å². The summed E-state index contributed by atoms with van der Waals surface area (Å²) >= 11 is 0. The molecule has 6 nitrogen and oxygen atoms in total. The zero-order chi connectivity index (χ0) is 14.3. The van der Waals surface area contributed by atoms with E-state index in [-0.39, 0.29) is 12.8 Å². The lowest BCUT2D eigenvalue weighted by Crippen LogP contribution is -2.51. The fourth-order valence-corrected chi connectivity index (χ4v) is 1.26. The van der Waals surface area contributed by atoms with Crippen molar-refractivity contribution in [1.82, 2.24) is 10.2 Å². The molecule has 0 saturated carbocycles. The molecule has 2 N–H and O–H groups in total. The average Bonchev–Trinajstić information content (AvgIpc) is 2.21. The summed E-state index contributed by atoms with van der Waals surface area (Å²) in [5.74, 6) is -1.67. The number of hydrogen-bond acceptors (Lipinski definition) is 3. The summed E-state index contributed by atoms with van der Waals surface area (Å²) in [5.41, 5.74) is -0.453. The molecular formula is C12H20N2O4. The maximum Gasteiger partial charge on any atom is 0.324 e. The van der Waals surface area contributed by atoms with Crippen LogP contribution in [0.25, 0.3) is 0 Å². The summed E-state index contributed by atoms with van der Waals surface area (Å²) in [4.78, 5) is 34.9. The van der Waals surface area contributed by atoms with Crippen molar-refractivity contribution in [3.8, 4) is 0 Å². The summed E-state index contributed by atoms with van der Waals surface area (Å²) in [6.45, 7) is 9.35. The third kappa shape index (κ3) is 6.03. The first-order valence-corrected chi connectivity index (χ1v) is 5.62. The second-order valence-electron chi connectivity index (χ2n) is 4.82. The molecule has 0 heterocycles. The van der Waals surface area contributed by atoms with Gasteiger partial charge in [-0.15, -0.1) is 6.58 Å². The van der Waals surface area contributed by atoms with Gasteiger partial charge in [-0.1, -0.05) is 6.08 Å². The van der Waals surface area contributed by atoms with Crippen LogP contribution in [0.3, 0.4) is 0 Å². The monoisotopic (exact) mass is 256 g/mol. The van der Waals surface area contributed by atoms with Crippen molar-refractivity contribution in [1.29, 1.82) is 0 Å². The van der Waals surface area contributed by atoms with Gasteiger partial charge in [0.1, 0.15) is 0 Å². The molecule has 0 aliphatic rings. The highest BCUT2D eigenvalue weighted by Gasteiger charge is 2.26. The third-order valence-corrected chi connectivity index (χ3v) is 2.18. The number of nitrogens with zero attached hydrogens (tertiary/aromatic N) is 1. The zero-order valence-corrected chi connectivity index (χ0v) is 11.0. The van der Waals surface area contributed by atoms with Crippen molar-refractivity contribution in [2.45, 2.75) is 39.2 Å². The molecule has 0 bridgehead atoms. The van der Waals surface area contributed by atoms with Gasteiger partial charge in [0.15, 0.2) is 0 Å². The molecule has 0 aliphatic carbocycles. The number of rotatable bonds is 5. The van der Waals surface area contributed by atoms with Gasteiger partial charge in [0.25, 0.3) is 0 Å². The van der Waals surface area contributed by atoms with Crippen LogP contribution in [-0.2, 0) is 9.59 Å². The smallest absolute Gasteiger partial charge is 0.324 e. The Morgan fingerprint density at radius 1 is 1.28 bits per heavy atom. The molecule has 0 spiro atoms. The van der Waals surface area contributed by atoms with Gasteiger partial charge in [-0.05, 0) is 20.8 Å². The molecule has 3 amide bonds. The number of carbonyl (C=O) groups is 3. The third-order valence-electron chi connectivity index (χ3n) is 2.18. The van der Waals surface area contributed by atoms with Crippen molar-refractivity contribution in [2.24, 2.45) is 0 Å². The predicted molar refractivity (Wildman–Crippen MR) is 67.1 cm³/mol. The number of carboxylic acid groups (broad SMARTS) is 1. The Kier molecular flexibility index (Phi) is 6.08. The Labute approximate surface area is 107 Å². The Hall–Kier alpha value is -1.85. The Morgan fingerprint density at radius 3 is 2.22 bits per heavy atom. The van der Waals surface area contributed by atoms with Crippen LogP contribution in [0.1, 0.15) is 33.6 Å². The van der Waals surface area contributed by atoms with Gasteiger partial charge >= 0.3 is 12.0 Å². The van der Waals surface area contributed by atoms with Crippen LogP contribution < -0.4 is 5.32 Å². The highest BCUT2D eigenvalue weighted by Crippen LogP contribution is 2.13. The van der Waals surface area contributed by atoms with E-state index in [2.05, 4.69) is 11.9 Å². The molecule has 0 aromatic rings. The average molecular weight is 256 g/mol. The van der Waals surface area contributed by atoms with E-state index in [1.54, 1.807) is 6.08 Å². The van der Waals surface area contributed by atoms with Crippen LogP contribution in [0.5, 0.6) is 0 Å². The Morgan fingerprint density at radius 2 is 1.83 bits per heavy atom. The number of urea groups is 1. The second-order valence-corrected chi connectivity index (χ2v) is 4.82. The van der Waals surface area contributed by atoms with Crippen LogP contribution in [0.2, 0.25) is 0 Å². The minimum absolute atomic E-state index is 0.215. The van der Waals surface area contributed by atoms with E-state index in [4.69, 9.17) is 5.11 Å². The number of amides is 3. The molecule has 0 aromatic carbocycles. The van der Waals surface area contributed by atoms with Gasteiger partial charge in [-0.3, -0.25) is 14.9 Å². The van der Waals surface area contributed by atoms with Gasteiger partial charge in [-0.25, -0.2) is 4.79 Å². The highest BCUT2D eigenvalue weighted by molar-refractivity contribution is 5.95. The normalized spacial score (nSPS) is 10.6. The molecule has 0 rings (SSSR count). The standard InChI is InChI=1S/C12H20N2O4/c1-5-8-14(12(2,3)4)11(18)13-9(15)6-7-10(16)17/h5H,1,6-8H2,2-4H3,(H,16,17)(H,13,15,18). The largest absolute Gasteiger partial charge is 0.481 e. The maximum absolute atomic E-state index is 11.8. The molecule has 0 fully saturated rings. The minimum Gasteiger partial charge on any atom is -0.481 e. The van der Waals surface area contributed by atoms with Crippen LogP contribution in [0.15, 0.2) is 12.7 Å². The molecule has 0 unspecified atom stereocenters. The molecule has 0 aromatic heterocycles. The van der Waals surface area contributed by atoms with E-state index >= 15 is 0 Å². The van der Waals surface area contributed by atoms with Crippen molar-refractivity contribution in [3.05, 3.63) is 12.7 Å². The van der Waals surface area contributed by atoms with E-state index in [1.807, 2.05) is 20.8 Å². The number of aliphatic carboxylic acids is 1. The Bertz CT molecular complexity index is 344. The first-order chi connectivity index (χ1) is 8.18.